The molecule has 4 nitrogen and oxygen atoms in total. The lowest BCUT2D eigenvalue weighted by molar-refractivity contribution is 0.295. The zero-order chi connectivity index (χ0) is 6.12. The van der Waals surface area contributed by atoms with Crippen LogP contribution in [0.25, 0.3) is 0 Å². The van der Waals surface area contributed by atoms with Gasteiger partial charge in [0.1, 0.15) is 0 Å². The second kappa shape index (κ2) is 45.5. The van der Waals surface area contributed by atoms with Gasteiger partial charge in [-0.05, 0) is 13.3 Å². The van der Waals surface area contributed by atoms with Crippen molar-refractivity contribution >= 4 is 0 Å². The smallest absolute Gasteiger partial charge is 0.0428 e. The predicted molar refractivity (Wildman–Crippen MR) is 37.4 cm³/mol. The minimum Gasteiger partial charge on any atom is -0.412 e. The molecule has 0 aliphatic carbocycles. The van der Waals surface area contributed by atoms with E-state index in [2.05, 4.69) is 0 Å². The Labute approximate surface area is 55.8 Å². The summed E-state index contributed by atoms with van der Waals surface area (Å²) in [5, 5.41) is 15.4. The zero-order valence-electron chi connectivity index (χ0n) is 6.02. The lowest BCUT2D eigenvalue weighted by atomic mass is 10.5. The second-order valence-corrected chi connectivity index (χ2v) is 1.04. The molecule has 0 spiro atoms. The van der Waals surface area contributed by atoms with Gasteiger partial charge in [-0.1, -0.05) is 6.92 Å². The van der Waals surface area contributed by atoms with Crippen molar-refractivity contribution < 1.29 is 21.2 Å². The number of aliphatic hydroxyl groups is 2. The zero-order valence-corrected chi connectivity index (χ0v) is 6.02. The van der Waals surface area contributed by atoms with Crippen molar-refractivity contribution in [3.63, 3.8) is 0 Å². The minimum atomic E-state index is 0. The summed E-state index contributed by atoms with van der Waals surface area (Å²) in [6, 6.07) is 0. The molecule has 0 rings (SSSR count). The van der Waals surface area contributed by atoms with Crippen molar-refractivity contribution in [2.24, 2.45) is 0 Å². The second-order valence-electron chi connectivity index (χ2n) is 1.04. The highest BCUT2D eigenvalue weighted by molar-refractivity contribution is 4.10. The van der Waals surface area contributed by atoms with E-state index in [1.54, 1.807) is 6.92 Å². The quantitative estimate of drug-likeness (QED) is 0.477. The molecule has 0 unspecified atom stereocenters. The van der Waals surface area contributed by atoms with Gasteiger partial charge in [0.05, 0.1) is 0 Å². The molecule has 9 heavy (non-hydrogen) atoms. The molecule has 0 saturated heterocycles. The largest absolute Gasteiger partial charge is 0.412 e. The first kappa shape index (κ1) is 23.2. The Morgan fingerprint density at radius 2 is 1.11 bits per heavy atom. The topological polar surface area (TPSA) is 103 Å². The first-order chi connectivity index (χ1) is 3.33. The van der Waals surface area contributed by atoms with Crippen LogP contribution in [0.1, 0.15) is 20.3 Å². The van der Waals surface area contributed by atoms with Crippen LogP contribution < -0.4 is 0 Å². The van der Waals surface area contributed by atoms with Crippen molar-refractivity contribution in [3.05, 3.63) is 0 Å². The average molecular weight is 142 g/mol. The lowest BCUT2D eigenvalue weighted by Gasteiger charge is -1.69. The molecule has 0 aliphatic heterocycles. The number of hydrogen-bond acceptors (Lipinski definition) is 2. The summed E-state index contributed by atoms with van der Waals surface area (Å²) in [7, 11) is 0. The maximum Gasteiger partial charge on any atom is 0.0428 e. The fraction of sp³-hybridized carbons (Fsp3) is 1.00. The molecule has 0 fully saturated rings. The van der Waals surface area contributed by atoms with E-state index in [1.165, 1.54) is 0 Å². The van der Waals surface area contributed by atoms with Crippen LogP contribution in [0.4, 0.5) is 0 Å². The Morgan fingerprint density at radius 3 is 1.11 bits per heavy atom. The monoisotopic (exact) mass is 142 g/mol. The summed E-state index contributed by atoms with van der Waals surface area (Å²) < 4.78 is 0. The summed E-state index contributed by atoms with van der Waals surface area (Å²) >= 11 is 0. The molecule has 0 aromatic rings. The van der Waals surface area contributed by atoms with Gasteiger partial charge in [0.2, 0.25) is 0 Å². The minimum absolute atomic E-state index is 0. The van der Waals surface area contributed by atoms with E-state index in [4.69, 9.17) is 10.2 Å². The van der Waals surface area contributed by atoms with Gasteiger partial charge in [-0.3, -0.25) is 0 Å². The van der Waals surface area contributed by atoms with E-state index >= 15 is 0 Å². The van der Waals surface area contributed by atoms with Gasteiger partial charge in [0.15, 0.2) is 0 Å². The van der Waals surface area contributed by atoms with E-state index in [9.17, 15) is 0 Å². The van der Waals surface area contributed by atoms with E-state index < -0.39 is 0 Å². The van der Waals surface area contributed by atoms with E-state index in [0.717, 1.165) is 6.42 Å². The SMILES string of the molecule is CCCO.CCO.O.O. The van der Waals surface area contributed by atoms with Crippen LogP contribution in [0.2, 0.25) is 0 Å². The molecule has 0 aromatic heterocycles. The molecule has 0 bridgehead atoms. The fourth-order valence-electron chi connectivity index (χ4n) is 0. The van der Waals surface area contributed by atoms with Crippen molar-refractivity contribution in [1.82, 2.24) is 0 Å². The van der Waals surface area contributed by atoms with Crippen molar-refractivity contribution in [1.29, 1.82) is 0 Å². The van der Waals surface area contributed by atoms with Gasteiger partial charge in [-0.15, -0.1) is 0 Å². The summed E-state index contributed by atoms with van der Waals surface area (Å²) in [6.45, 7) is 4.18. The summed E-state index contributed by atoms with van der Waals surface area (Å²) in [4.78, 5) is 0. The molecule has 0 heterocycles. The molecule has 0 atom stereocenters. The van der Waals surface area contributed by atoms with Crippen LogP contribution in [-0.2, 0) is 0 Å². The highest BCUT2D eigenvalue weighted by Gasteiger charge is 1.57. The molecule has 6 N–H and O–H groups in total. The molecule has 0 saturated carbocycles. The van der Waals surface area contributed by atoms with Gasteiger partial charge < -0.3 is 21.2 Å². The highest BCUT2D eigenvalue weighted by Crippen LogP contribution is 1.61. The normalized spacial score (nSPS) is 5.33. The van der Waals surface area contributed by atoms with E-state index in [-0.39, 0.29) is 17.6 Å². The average Bonchev–Trinajstić information content (AvgIpc) is 1.69. The van der Waals surface area contributed by atoms with Crippen LogP contribution in [0.5, 0.6) is 0 Å². The molecule has 0 radical (unpaired) electrons. The number of hydrogen-bond donors (Lipinski definition) is 2. The first-order valence-electron chi connectivity index (χ1n) is 2.55. The number of aliphatic hydroxyl groups excluding tert-OH is 2. The maximum atomic E-state index is 7.88. The van der Waals surface area contributed by atoms with Crippen molar-refractivity contribution in [2.75, 3.05) is 13.2 Å². The van der Waals surface area contributed by atoms with Crippen LogP contribution in [0, 0.1) is 0 Å². The van der Waals surface area contributed by atoms with E-state index in [1.807, 2.05) is 6.92 Å². The van der Waals surface area contributed by atoms with Gasteiger partial charge >= 0.3 is 0 Å². The third-order valence-corrected chi connectivity index (χ3v) is 0.224. The van der Waals surface area contributed by atoms with Crippen molar-refractivity contribution in [3.8, 4) is 0 Å². The van der Waals surface area contributed by atoms with Crippen molar-refractivity contribution in [2.45, 2.75) is 20.3 Å². The van der Waals surface area contributed by atoms with Crippen LogP contribution in [0.3, 0.4) is 0 Å². The molecular formula is C5H18O4. The molecule has 0 aromatic carbocycles. The Kier molecular flexibility index (Phi) is 117. The predicted octanol–water partition coefficient (Wildman–Crippen LogP) is -1.26. The third kappa shape index (κ3) is 379. The molecular weight excluding hydrogens is 124 g/mol. The summed E-state index contributed by atoms with van der Waals surface area (Å²) in [5.41, 5.74) is 0. The molecule has 62 valence electrons. The maximum absolute atomic E-state index is 7.88. The number of rotatable bonds is 1. The van der Waals surface area contributed by atoms with Gasteiger partial charge in [-0.25, -0.2) is 0 Å². The Bertz CT molecular complexity index is 16.4. The standard InChI is InChI=1S/C3H8O.C2H6O.2H2O/c1-2-3-4;1-2-3;;/h4H,2-3H2,1H3;3H,2H2,1H3;2*1H2. The third-order valence-electron chi connectivity index (χ3n) is 0.224. The van der Waals surface area contributed by atoms with E-state index in [0.29, 0.717) is 6.61 Å². The molecule has 0 aliphatic rings. The molecule has 0 amide bonds. The Hall–Kier alpha value is -0.160. The lowest BCUT2D eigenvalue weighted by Crippen LogP contribution is -1.69. The van der Waals surface area contributed by atoms with Crippen LogP contribution in [0.15, 0.2) is 0 Å². The van der Waals surface area contributed by atoms with Gasteiger partial charge in [-0.2, -0.15) is 0 Å². The first-order valence-corrected chi connectivity index (χ1v) is 2.55. The van der Waals surface area contributed by atoms with Gasteiger partial charge in [0, 0.05) is 13.2 Å². The van der Waals surface area contributed by atoms with Crippen LogP contribution in [-0.4, -0.2) is 34.4 Å². The fourth-order valence-corrected chi connectivity index (χ4v) is 0. The summed E-state index contributed by atoms with van der Waals surface area (Å²) in [6.07, 6.45) is 0.875. The van der Waals surface area contributed by atoms with Gasteiger partial charge in [0.25, 0.3) is 0 Å². The Morgan fingerprint density at radius 1 is 1.00 bits per heavy atom. The van der Waals surface area contributed by atoms with Crippen LogP contribution >= 0.6 is 0 Å². The Balaban J connectivity index is -0.0000000233. The molecule has 4 heteroatoms. The highest BCUT2D eigenvalue weighted by atomic mass is 16.3. The summed E-state index contributed by atoms with van der Waals surface area (Å²) in [5.74, 6) is 0.